The normalized spacial score (nSPS) is 17.0. The molecule has 1 aliphatic rings. The SMILES string of the molecule is CC(=O)NCC1CCn2ncc(C(=O)NC(C)c3nc4ccccc4n3C)c2C1. The standard InChI is InChI=1S/C21H26N6O2/c1-13(20-25-17-6-4-5-7-18(17)26(20)3)24-21(29)16-12-23-27-9-8-15(10-19(16)27)11-22-14(2)28/h4-7,12-13,15H,8-11H2,1-3H3,(H,22,28)(H,24,29). The third-order valence-electron chi connectivity index (χ3n) is 5.62. The number of amides is 2. The fourth-order valence-electron chi connectivity index (χ4n) is 4.04. The van der Waals surface area contributed by atoms with Gasteiger partial charge in [0.25, 0.3) is 5.91 Å². The van der Waals surface area contributed by atoms with E-state index in [2.05, 4.69) is 20.7 Å². The number of hydrogen-bond donors (Lipinski definition) is 2. The summed E-state index contributed by atoms with van der Waals surface area (Å²) in [5.74, 6) is 0.945. The number of nitrogens with zero attached hydrogens (tertiary/aromatic N) is 4. The first kappa shape index (κ1) is 19.2. The fourth-order valence-corrected chi connectivity index (χ4v) is 4.04. The molecule has 2 amide bonds. The Morgan fingerprint density at radius 1 is 1.31 bits per heavy atom. The van der Waals surface area contributed by atoms with Gasteiger partial charge in [-0.2, -0.15) is 5.10 Å². The molecule has 2 aromatic heterocycles. The second kappa shape index (κ2) is 7.69. The van der Waals surface area contributed by atoms with Crippen LogP contribution in [-0.2, 0) is 24.8 Å². The monoisotopic (exact) mass is 394 g/mol. The van der Waals surface area contributed by atoms with E-state index >= 15 is 0 Å². The Hall–Kier alpha value is -3.16. The number of hydrogen-bond acceptors (Lipinski definition) is 4. The molecular formula is C21H26N6O2. The Morgan fingerprint density at radius 3 is 2.86 bits per heavy atom. The zero-order valence-corrected chi connectivity index (χ0v) is 17.0. The van der Waals surface area contributed by atoms with E-state index in [-0.39, 0.29) is 17.9 Å². The average Bonchev–Trinajstić information content (AvgIpc) is 3.27. The van der Waals surface area contributed by atoms with Crippen LogP contribution in [0.25, 0.3) is 11.0 Å². The first-order valence-electron chi connectivity index (χ1n) is 9.95. The smallest absolute Gasteiger partial charge is 0.255 e. The van der Waals surface area contributed by atoms with Crippen LogP contribution in [0.4, 0.5) is 0 Å². The van der Waals surface area contributed by atoms with Crippen molar-refractivity contribution in [3.63, 3.8) is 0 Å². The number of aromatic nitrogens is 4. The molecule has 0 saturated heterocycles. The van der Waals surface area contributed by atoms with E-state index in [0.717, 1.165) is 41.9 Å². The minimum absolute atomic E-state index is 0.0293. The van der Waals surface area contributed by atoms with Crippen LogP contribution < -0.4 is 10.6 Å². The molecule has 0 spiro atoms. The molecule has 2 N–H and O–H groups in total. The maximum absolute atomic E-state index is 13.0. The van der Waals surface area contributed by atoms with Crippen LogP contribution in [0.15, 0.2) is 30.5 Å². The maximum Gasteiger partial charge on any atom is 0.255 e. The highest BCUT2D eigenvalue weighted by atomic mass is 16.2. The van der Waals surface area contributed by atoms with Crippen LogP contribution >= 0.6 is 0 Å². The molecule has 1 aliphatic heterocycles. The molecule has 3 heterocycles. The zero-order chi connectivity index (χ0) is 20.5. The number of imidazole rings is 1. The number of carbonyl (C=O) groups excluding carboxylic acids is 2. The molecule has 0 bridgehead atoms. The molecular weight excluding hydrogens is 368 g/mol. The van der Waals surface area contributed by atoms with E-state index in [1.165, 1.54) is 6.92 Å². The average molecular weight is 394 g/mol. The molecule has 1 aromatic carbocycles. The summed E-state index contributed by atoms with van der Waals surface area (Å²) >= 11 is 0. The van der Waals surface area contributed by atoms with Crippen molar-refractivity contribution < 1.29 is 9.59 Å². The molecule has 0 saturated carbocycles. The molecule has 152 valence electrons. The summed E-state index contributed by atoms with van der Waals surface area (Å²) < 4.78 is 3.91. The molecule has 29 heavy (non-hydrogen) atoms. The van der Waals surface area contributed by atoms with Crippen molar-refractivity contribution >= 4 is 22.8 Å². The summed E-state index contributed by atoms with van der Waals surface area (Å²) in [6.45, 7) is 4.84. The highest BCUT2D eigenvalue weighted by Crippen LogP contribution is 2.24. The Morgan fingerprint density at radius 2 is 2.10 bits per heavy atom. The predicted molar refractivity (Wildman–Crippen MR) is 109 cm³/mol. The van der Waals surface area contributed by atoms with E-state index < -0.39 is 0 Å². The van der Waals surface area contributed by atoms with E-state index in [1.807, 2.05) is 47.5 Å². The largest absolute Gasteiger partial charge is 0.356 e. The van der Waals surface area contributed by atoms with Gasteiger partial charge in [-0.1, -0.05) is 12.1 Å². The van der Waals surface area contributed by atoms with Crippen LogP contribution in [0.5, 0.6) is 0 Å². The molecule has 4 rings (SSSR count). The van der Waals surface area contributed by atoms with Crippen LogP contribution in [0.2, 0.25) is 0 Å². The van der Waals surface area contributed by atoms with Crippen LogP contribution in [-0.4, -0.2) is 37.7 Å². The van der Waals surface area contributed by atoms with Crippen molar-refractivity contribution in [3.05, 3.63) is 47.5 Å². The summed E-state index contributed by atoms with van der Waals surface area (Å²) in [5, 5.41) is 10.3. The van der Waals surface area contributed by atoms with Crippen molar-refractivity contribution in [2.45, 2.75) is 39.3 Å². The van der Waals surface area contributed by atoms with Gasteiger partial charge in [-0.15, -0.1) is 0 Å². The van der Waals surface area contributed by atoms with Gasteiger partial charge in [-0.05, 0) is 37.8 Å². The van der Waals surface area contributed by atoms with Crippen molar-refractivity contribution in [3.8, 4) is 0 Å². The number of nitrogens with one attached hydrogen (secondary N) is 2. The van der Waals surface area contributed by atoms with Crippen molar-refractivity contribution in [1.29, 1.82) is 0 Å². The highest BCUT2D eigenvalue weighted by molar-refractivity contribution is 5.95. The Labute approximate surface area is 169 Å². The number of rotatable bonds is 5. The number of carbonyl (C=O) groups is 2. The van der Waals surface area contributed by atoms with Gasteiger partial charge in [0.2, 0.25) is 5.91 Å². The third kappa shape index (κ3) is 3.74. The number of fused-ring (bicyclic) bond motifs is 2. The lowest BCUT2D eigenvalue weighted by molar-refractivity contribution is -0.119. The summed E-state index contributed by atoms with van der Waals surface area (Å²) in [6.07, 6.45) is 3.31. The number of benzene rings is 1. The lowest BCUT2D eigenvalue weighted by Crippen LogP contribution is -2.33. The van der Waals surface area contributed by atoms with Crippen LogP contribution in [0, 0.1) is 5.92 Å². The minimum Gasteiger partial charge on any atom is -0.356 e. The van der Waals surface area contributed by atoms with Gasteiger partial charge in [0.05, 0.1) is 34.5 Å². The van der Waals surface area contributed by atoms with Gasteiger partial charge >= 0.3 is 0 Å². The molecule has 3 aromatic rings. The second-order valence-corrected chi connectivity index (χ2v) is 7.74. The van der Waals surface area contributed by atoms with Crippen LogP contribution in [0.1, 0.15) is 48.2 Å². The van der Waals surface area contributed by atoms with E-state index in [1.54, 1.807) is 6.20 Å². The predicted octanol–water partition coefficient (Wildman–Crippen LogP) is 1.96. The minimum atomic E-state index is -0.241. The fraction of sp³-hybridized carbons (Fsp3) is 0.429. The number of aryl methyl sites for hydroxylation is 2. The molecule has 0 radical (unpaired) electrons. The lowest BCUT2D eigenvalue weighted by Gasteiger charge is -2.24. The van der Waals surface area contributed by atoms with Crippen molar-refractivity contribution in [2.75, 3.05) is 6.54 Å². The molecule has 8 heteroatoms. The Balaban J connectivity index is 1.50. The summed E-state index contributed by atoms with van der Waals surface area (Å²) in [4.78, 5) is 28.9. The van der Waals surface area contributed by atoms with E-state index in [0.29, 0.717) is 18.0 Å². The first-order chi connectivity index (χ1) is 13.9. The quantitative estimate of drug-likeness (QED) is 0.692. The highest BCUT2D eigenvalue weighted by Gasteiger charge is 2.26. The van der Waals surface area contributed by atoms with Gasteiger partial charge in [-0.3, -0.25) is 14.3 Å². The molecule has 0 aliphatic carbocycles. The molecule has 0 fully saturated rings. The summed E-state index contributed by atoms with van der Waals surface area (Å²) in [5.41, 5.74) is 3.48. The van der Waals surface area contributed by atoms with Gasteiger partial charge < -0.3 is 15.2 Å². The van der Waals surface area contributed by atoms with Gasteiger partial charge in [0.1, 0.15) is 5.82 Å². The third-order valence-corrected chi connectivity index (χ3v) is 5.62. The van der Waals surface area contributed by atoms with Crippen molar-refractivity contribution in [1.82, 2.24) is 30.0 Å². The summed E-state index contributed by atoms with van der Waals surface area (Å²) in [7, 11) is 1.96. The van der Waals surface area contributed by atoms with Gasteiger partial charge in [0.15, 0.2) is 0 Å². The molecule has 2 atom stereocenters. The Kier molecular flexibility index (Phi) is 5.08. The summed E-state index contributed by atoms with van der Waals surface area (Å²) in [6, 6.07) is 7.68. The van der Waals surface area contributed by atoms with Gasteiger partial charge in [-0.25, -0.2) is 4.98 Å². The first-order valence-corrected chi connectivity index (χ1v) is 9.95. The van der Waals surface area contributed by atoms with E-state index in [9.17, 15) is 9.59 Å². The number of para-hydroxylation sites is 2. The Bertz CT molecular complexity index is 1070. The maximum atomic E-state index is 13.0. The molecule has 8 nitrogen and oxygen atoms in total. The van der Waals surface area contributed by atoms with Crippen molar-refractivity contribution in [2.24, 2.45) is 13.0 Å². The zero-order valence-electron chi connectivity index (χ0n) is 17.0. The lowest BCUT2D eigenvalue weighted by atomic mass is 9.94. The molecule has 2 unspecified atom stereocenters. The van der Waals surface area contributed by atoms with Crippen LogP contribution in [0.3, 0.4) is 0 Å². The second-order valence-electron chi connectivity index (χ2n) is 7.74. The topological polar surface area (TPSA) is 93.8 Å². The van der Waals surface area contributed by atoms with E-state index in [4.69, 9.17) is 0 Å². The van der Waals surface area contributed by atoms with Gasteiger partial charge in [0, 0.05) is 27.1 Å².